The van der Waals surface area contributed by atoms with Crippen LogP contribution in [0.5, 0.6) is 0 Å². The van der Waals surface area contributed by atoms with E-state index in [4.69, 9.17) is 5.11 Å². The number of nitrogens with zero attached hydrogens (tertiary/aromatic N) is 2. The highest BCUT2D eigenvalue weighted by molar-refractivity contribution is 7.17. The smallest absolute Gasteiger partial charge is 0.347 e. The third kappa shape index (κ3) is 2.51. The first kappa shape index (κ1) is 13.3. The Hall–Kier alpha value is -1.10. The predicted molar refractivity (Wildman–Crippen MR) is 73.6 cm³/mol. The van der Waals surface area contributed by atoms with Crippen LogP contribution < -0.4 is 4.90 Å². The zero-order valence-electron chi connectivity index (χ0n) is 11.1. The Labute approximate surface area is 112 Å². The van der Waals surface area contributed by atoms with E-state index >= 15 is 0 Å². The number of thiazole rings is 1. The molecule has 0 radical (unpaired) electrons. The van der Waals surface area contributed by atoms with Crippen LogP contribution in [0, 0.1) is 11.8 Å². The molecule has 0 bridgehead atoms. The first-order valence-corrected chi connectivity index (χ1v) is 7.32. The zero-order valence-corrected chi connectivity index (χ0v) is 12.0. The second-order valence-electron chi connectivity index (χ2n) is 5.12. The summed E-state index contributed by atoms with van der Waals surface area (Å²) in [5.74, 6) is 0.529. The summed E-state index contributed by atoms with van der Waals surface area (Å²) in [6, 6.07) is 0. The number of carbonyl (C=O) groups is 1. The van der Waals surface area contributed by atoms with E-state index in [0.29, 0.717) is 22.9 Å². The first-order chi connectivity index (χ1) is 8.52. The third-order valence-corrected chi connectivity index (χ3v) is 4.97. The predicted octanol–water partition coefficient (Wildman–Crippen LogP) is 2.89. The molecular weight excluding hydrogens is 248 g/mol. The summed E-state index contributed by atoms with van der Waals surface area (Å²) in [6.07, 6.45) is 1.84. The van der Waals surface area contributed by atoms with Crippen molar-refractivity contribution in [3.8, 4) is 0 Å². The van der Waals surface area contributed by atoms with E-state index in [2.05, 4.69) is 23.7 Å². The number of carboxylic acids is 1. The molecule has 0 aromatic carbocycles. The fourth-order valence-electron chi connectivity index (χ4n) is 2.32. The lowest BCUT2D eigenvalue weighted by atomic mass is 9.89. The summed E-state index contributed by atoms with van der Waals surface area (Å²) in [4.78, 5) is 18.3. The average Bonchev–Trinajstić information content (AvgIpc) is 2.77. The molecule has 0 aliphatic carbocycles. The number of carboxylic acid groups (broad SMARTS) is 1. The van der Waals surface area contributed by atoms with Gasteiger partial charge in [0.1, 0.15) is 4.88 Å². The molecule has 0 spiro atoms. The number of hydrogen-bond donors (Lipinski definition) is 1. The van der Waals surface area contributed by atoms with E-state index in [1.807, 2.05) is 6.92 Å². The van der Waals surface area contributed by atoms with Gasteiger partial charge in [-0.3, -0.25) is 0 Å². The van der Waals surface area contributed by atoms with Crippen molar-refractivity contribution < 1.29 is 9.90 Å². The van der Waals surface area contributed by atoms with Crippen molar-refractivity contribution >= 4 is 22.4 Å². The van der Waals surface area contributed by atoms with Gasteiger partial charge >= 0.3 is 5.97 Å². The third-order valence-electron chi connectivity index (χ3n) is 3.82. The van der Waals surface area contributed by atoms with Gasteiger partial charge in [-0.2, -0.15) is 0 Å². The SMILES string of the molecule is CCc1nc(N2CCC(C)C(C)C2)sc1C(=O)O. The highest BCUT2D eigenvalue weighted by Gasteiger charge is 2.26. The van der Waals surface area contributed by atoms with E-state index in [9.17, 15) is 4.79 Å². The molecule has 100 valence electrons. The summed E-state index contributed by atoms with van der Waals surface area (Å²) in [7, 11) is 0. The Morgan fingerprint density at radius 1 is 1.50 bits per heavy atom. The molecule has 2 heterocycles. The minimum atomic E-state index is -0.853. The Morgan fingerprint density at radius 2 is 2.22 bits per heavy atom. The van der Waals surface area contributed by atoms with Gasteiger partial charge in [-0.1, -0.05) is 32.1 Å². The van der Waals surface area contributed by atoms with Gasteiger partial charge in [0.05, 0.1) is 5.69 Å². The van der Waals surface area contributed by atoms with Crippen LogP contribution in [0.1, 0.15) is 42.6 Å². The zero-order chi connectivity index (χ0) is 13.3. The minimum absolute atomic E-state index is 0.402. The van der Waals surface area contributed by atoms with Crippen molar-refractivity contribution in [1.82, 2.24) is 4.98 Å². The molecule has 18 heavy (non-hydrogen) atoms. The van der Waals surface area contributed by atoms with Gasteiger partial charge < -0.3 is 10.0 Å². The Balaban J connectivity index is 2.21. The van der Waals surface area contributed by atoms with Crippen molar-refractivity contribution in [3.63, 3.8) is 0 Å². The standard InChI is InChI=1S/C13H20N2O2S/c1-4-10-11(12(16)17)18-13(14-10)15-6-5-8(2)9(3)7-15/h8-9H,4-7H2,1-3H3,(H,16,17). The highest BCUT2D eigenvalue weighted by atomic mass is 32.1. The molecular formula is C13H20N2O2S. The van der Waals surface area contributed by atoms with Gasteiger partial charge in [0.25, 0.3) is 0 Å². The molecule has 5 heteroatoms. The highest BCUT2D eigenvalue weighted by Crippen LogP contribution is 2.31. The quantitative estimate of drug-likeness (QED) is 0.916. The Morgan fingerprint density at radius 3 is 2.72 bits per heavy atom. The molecule has 1 N–H and O–H groups in total. The number of hydrogen-bond acceptors (Lipinski definition) is 4. The van der Waals surface area contributed by atoms with E-state index < -0.39 is 5.97 Å². The van der Waals surface area contributed by atoms with Crippen molar-refractivity contribution in [2.45, 2.75) is 33.6 Å². The van der Waals surface area contributed by atoms with Gasteiger partial charge in [-0.15, -0.1) is 0 Å². The molecule has 4 nitrogen and oxygen atoms in total. The largest absolute Gasteiger partial charge is 0.477 e. The van der Waals surface area contributed by atoms with Crippen LogP contribution in [0.3, 0.4) is 0 Å². The number of aromatic nitrogens is 1. The fraction of sp³-hybridized carbons (Fsp3) is 0.692. The van der Waals surface area contributed by atoms with Crippen molar-refractivity contribution in [2.75, 3.05) is 18.0 Å². The van der Waals surface area contributed by atoms with Crippen LogP contribution in [0.2, 0.25) is 0 Å². The summed E-state index contributed by atoms with van der Waals surface area (Å²) >= 11 is 1.32. The monoisotopic (exact) mass is 268 g/mol. The first-order valence-electron chi connectivity index (χ1n) is 6.50. The van der Waals surface area contributed by atoms with Gasteiger partial charge in [-0.05, 0) is 24.7 Å². The maximum atomic E-state index is 11.1. The fourth-order valence-corrected chi connectivity index (χ4v) is 3.35. The number of anilines is 1. The van der Waals surface area contributed by atoms with Crippen molar-refractivity contribution in [1.29, 1.82) is 0 Å². The number of aryl methyl sites for hydroxylation is 1. The maximum absolute atomic E-state index is 11.1. The molecule has 1 aliphatic heterocycles. The average molecular weight is 268 g/mol. The van der Waals surface area contributed by atoms with Gasteiger partial charge in [0, 0.05) is 13.1 Å². The summed E-state index contributed by atoms with van der Waals surface area (Å²) in [5.41, 5.74) is 0.716. The summed E-state index contributed by atoms with van der Waals surface area (Å²) in [6.45, 7) is 8.46. The second-order valence-corrected chi connectivity index (χ2v) is 6.10. The van der Waals surface area contributed by atoms with Crippen LogP contribution in [-0.2, 0) is 6.42 Å². The summed E-state index contributed by atoms with van der Waals surface area (Å²) < 4.78 is 0. The molecule has 1 aromatic heterocycles. The van der Waals surface area contributed by atoms with Crippen LogP contribution in [0.25, 0.3) is 0 Å². The van der Waals surface area contributed by atoms with Gasteiger partial charge in [0.2, 0.25) is 0 Å². The van der Waals surface area contributed by atoms with Gasteiger partial charge in [-0.25, -0.2) is 9.78 Å². The lowest BCUT2D eigenvalue weighted by Crippen LogP contribution is -2.38. The lowest BCUT2D eigenvalue weighted by molar-refractivity contribution is 0.0701. The van der Waals surface area contributed by atoms with E-state index in [-0.39, 0.29) is 0 Å². The Kier molecular flexibility index (Phi) is 3.90. The number of rotatable bonds is 3. The molecule has 1 aliphatic rings. The molecule has 2 rings (SSSR count). The van der Waals surface area contributed by atoms with Crippen LogP contribution >= 0.6 is 11.3 Å². The topological polar surface area (TPSA) is 53.4 Å². The van der Waals surface area contributed by atoms with Gasteiger partial charge in [0.15, 0.2) is 5.13 Å². The van der Waals surface area contributed by atoms with E-state index in [1.165, 1.54) is 11.3 Å². The summed E-state index contributed by atoms with van der Waals surface area (Å²) in [5, 5.41) is 10.0. The normalized spacial score (nSPS) is 24.3. The Bertz CT molecular complexity index is 444. The molecule has 1 saturated heterocycles. The number of aromatic carboxylic acids is 1. The maximum Gasteiger partial charge on any atom is 0.347 e. The van der Waals surface area contributed by atoms with Crippen LogP contribution in [0.4, 0.5) is 5.13 Å². The van der Waals surface area contributed by atoms with E-state index in [0.717, 1.165) is 30.6 Å². The molecule has 2 unspecified atom stereocenters. The van der Waals surface area contributed by atoms with Crippen molar-refractivity contribution in [3.05, 3.63) is 10.6 Å². The molecule has 0 amide bonds. The van der Waals surface area contributed by atoms with Crippen LogP contribution in [0.15, 0.2) is 0 Å². The molecule has 0 saturated carbocycles. The minimum Gasteiger partial charge on any atom is -0.477 e. The second kappa shape index (κ2) is 5.26. The lowest BCUT2D eigenvalue weighted by Gasteiger charge is -2.35. The van der Waals surface area contributed by atoms with E-state index in [1.54, 1.807) is 0 Å². The molecule has 1 aromatic rings. The number of piperidine rings is 1. The van der Waals surface area contributed by atoms with Crippen LogP contribution in [-0.4, -0.2) is 29.1 Å². The molecule has 1 fully saturated rings. The molecule has 2 atom stereocenters. The van der Waals surface area contributed by atoms with Crippen molar-refractivity contribution in [2.24, 2.45) is 11.8 Å².